The van der Waals surface area contributed by atoms with Crippen LogP contribution in [0.4, 0.5) is 5.82 Å². The fraction of sp³-hybridized carbons (Fsp3) is 0.611. The molecule has 1 saturated carbocycles. The van der Waals surface area contributed by atoms with Gasteiger partial charge in [0.15, 0.2) is 0 Å². The van der Waals surface area contributed by atoms with Gasteiger partial charge in [-0.15, -0.1) is 0 Å². The molecule has 2 atom stereocenters. The number of aromatic nitrogens is 3. The van der Waals surface area contributed by atoms with Crippen LogP contribution in [-0.2, 0) is 16.0 Å². The van der Waals surface area contributed by atoms with E-state index in [1.165, 1.54) is 5.56 Å². The molecule has 0 amide bonds. The molecule has 1 aliphatic heterocycles. The predicted octanol–water partition coefficient (Wildman–Crippen LogP) is 2.83. The van der Waals surface area contributed by atoms with Crippen molar-refractivity contribution in [2.75, 3.05) is 18.1 Å². The molecule has 2 aromatic heterocycles. The van der Waals surface area contributed by atoms with Gasteiger partial charge in [-0.3, -0.25) is 4.79 Å². The summed E-state index contributed by atoms with van der Waals surface area (Å²) in [6.45, 7) is 5.32. The van der Waals surface area contributed by atoms with Crippen molar-refractivity contribution in [1.82, 2.24) is 15.0 Å². The molecule has 6 heteroatoms. The first kappa shape index (κ1) is 15.4. The number of fused-ring (bicyclic) bond motifs is 2. The Kier molecular flexibility index (Phi) is 3.70. The zero-order chi connectivity index (χ0) is 16.7. The van der Waals surface area contributed by atoms with Gasteiger partial charge >= 0.3 is 5.97 Å². The molecule has 6 nitrogen and oxygen atoms in total. The molecule has 0 spiro atoms. The topological polar surface area (TPSA) is 71.1 Å². The number of carbonyl (C=O) groups is 1. The number of rotatable bonds is 4. The lowest BCUT2D eigenvalue weighted by Gasteiger charge is -2.31. The van der Waals surface area contributed by atoms with Crippen molar-refractivity contribution in [3.63, 3.8) is 0 Å². The number of H-pyrrole nitrogens is 1. The Labute approximate surface area is 141 Å². The largest absolute Gasteiger partial charge is 0.466 e. The fourth-order valence-electron chi connectivity index (χ4n) is 4.65. The second kappa shape index (κ2) is 5.76. The number of nitrogens with one attached hydrogen (secondary N) is 1. The smallest absolute Gasteiger partial charge is 0.314 e. The molecule has 1 N–H and O–H groups in total. The van der Waals surface area contributed by atoms with E-state index in [1.807, 2.05) is 13.1 Å². The van der Waals surface area contributed by atoms with Gasteiger partial charge in [0.1, 0.15) is 17.8 Å². The average molecular weight is 328 g/mol. The van der Waals surface area contributed by atoms with Gasteiger partial charge in [0.2, 0.25) is 0 Å². The quantitative estimate of drug-likeness (QED) is 0.874. The van der Waals surface area contributed by atoms with Crippen LogP contribution in [0.1, 0.15) is 45.1 Å². The monoisotopic (exact) mass is 328 g/mol. The lowest BCUT2D eigenvalue weighted by molar-refractivity contribution is -0.155. The second-order valence-corrected chi connectivity index (χ2v) is 6.82. The summed E-state index contributed by atoms with van der Waals surface area (Å²) in [5.74, 6) is 0.946. The summed E-state index contributed by atoms with van der Waals surface area (Å²) in [4.78, 5) is 27.2. The first-order chi connectivity index (χ1) is 11.7. The van der Waals surface area contributed by atoms with E-state index in [2.05, 4.69) is 26.8 Å². The molecule has 2 aliphatic rings. The molecular formula is C18H24N4O2. The normalized spacial score (nSPS) is 26.1. The zero-order valence-corrected chi connectivity index (χ0v) is 14.3. The standard InChI is InChI=1S/C18H24N4O2/c1-3-12-10-19-15-14(12)16(21-11-20-15)22-9-8-18(17(23)24-4-2)7-5-6-13(18)22/h10-11,13H,3-9H2,1-2H3,(H,19,20,21). The van der Waals surface area contributed by atoms with Gasteiger partial charge in [0.05, 0.1) is 17.4 Å². The maximum absolute atomic E-state index is 12.7. The second-order valence-electron chi connectivity index (χ2n) is 6.82. The first-order valence-corrected chi connectivity index (χ1v) is 8.96. The summed E-state index contributed by atoms with van der Waals surface area (Å²) in [5.41, 5.74) is 1.76. The molecule has 1 aliphatic carbocycles. The van der Waals surface area contributed by atoms with Crippen LogP contribution < -0.4 is 4.90 Å². The number of hydrogen-bond acceptors (Lipinski definition) is 5. The molecular weight excluding hydrogens is 304 g/mol. The summed E-state index contributed by atoms with van der Waals surface area (Å²) in [7, 11) is 0. The van der Waals surface area contributed by atoms with E-state index in [0.717, 1.165) is 55.5 Å². The molecule has 128 valence electrons. The van der Waals surface area contributed by atoms with E-state index in [-0.39, 0.29) is 17.4 Å². The summed E-state index contributed by atoms with van der Waals surface area (Å²) in [5, 5.41) is 1.10. The third kappa shape index (κ3) is 2.05. The molecule has 4 rings (SSSR count). The van der Waals surface area contributed by atoms with E-state index in [1.54, 1.807) is 6.33 Å². The van der Waals surface area contributed by atoms with Gasteiger partial charge in [0.25, 0.3) is 0 Å². The maximum Gasteiger partial charge on any atom is 0.314 e. The summed E-state index contributed by atoms with van der Waals surface area (Å²) < 4.78 is 5.43. The lowest BCUT2D eigenvalue weighted by atomic mass is 9.82. The Morgan fingerprint density at radius 2 is 2.29 bits per heavy atom. The highest BCUT2D eigenvalue weighted by atomic mass is 16.5. The van der Waals surface area contributed by atoms with Crippen molar-refractivity contribution < 1.29 is 9.53 Å². The number of carbonyl (C=O) groups excluding carboxylic acids is 1. The van der Waals surface area contributed by atoms with Crippen LogP contribution in [0.2, 0.25) is 0 Å². The molecule has 0 bridgehead atoms. The number of aryl methyl sites for hydroxylation is 1. The van der Waals surface area contributed by atoms with E-state index in [0.29, 0.717) is 6.61 Å². The molecule has 24 heavy (non-hydrogen) atoms. The third-order valence-electron chi connectivity index (χ3n) is 5.78. The molecule has 2 unspecified atom stereocenters. The zero-order valence-electron chi connectivity index (χ0n) is 14.3. The number of nitrogens with zero attached hydrogens (tertiary/aromatic N) is 3. The van der Waals surface area contributed by atoms with Crippen LogP contribution in [0.3, 0.4) is 0 Å². The minimum Gasteiger partial charge on any atom is -0.466 e. The van der Waals surface area contributed by atoms with Crippen molar-refractivity contribution in [1.29, 1.82) is 0 Å². The van der Waals surface area contributed by atoms with Gasteiger partial charge < -0.3 is 14.6 Å². The number of anilines is 1. The fourth-order valence-corrected chi connectivity index (χ4v) is 4.65. The molecule has 0 aromatic carbocycles. The van der Waals surface area contributed by atoms with Gasteiger partial charge in [0, 0.05) is 18.8 Å². The number of ether oxygens (including phenoxy) is 1. The Balaban J connectivity index is 1.76. The van der Waals surface area contributed by atoms with Crippen LogP contribution >= 0.6 is 0 Å². The van der Waals surface area contributed by atoms with Gasteiger partial charge in [-0.1, -0.05) is 13.3 Å². The number of hydrogen-bond donors (Lipinski definition) is 1. The van der Waals surface area contributed by atoms with E-state index in [4.69, 9.17) is 4.74 Å². The third-order valence-corrected chi connectivity index (χ3v) is 5.78. The number of esters is 1. The van der Waals surface area contributed by atoms with E-state index in [9.17, 15) is 4.79 Å². The summed E-state index contributed by atoms with van der Waals surface area (Å²) in [6, 6.07) is 0.189. The van der Waals surface area contributed by atoms with Crippen LogP contribution in [-0.4, -0.2) is 40.1 Å². The predicted molar refractivity (Wildman–Crippen MR) is 91.9 cm³/mol. The number of aromatic amines is 1. The highest BCUT2D eigenvalue weighted by Crippen LogP contribution is 2.51. The average Bonchev–Trinajstić information content (AvgIpc) is 3.27. The molecule has 3 heterocycles. The Morgan fingerprint density at radius 1 is 1.42 bits per heavy atom. The van der Waals surface area contributed by atoms with Crippen molar-refractivity contribution in [3.05, 3.63) is 18.1 Å². The van der Waals surface area contributed by atoms with Crippen molar-refractivity contribution in [2.45, 2.75) is 52.0 Å². The SMILES string of the molecule is CCOC(=O)C12CCCC1N(c1ncnc3[nH]cc(CC)c13)CC2. The minimum atomic E-state index is -0.351. The summed E-state index contributed by atoms with van der Waals surface area (Å²) in [6.07, 6.45) is 8.45. The lowest BCUT2D eigenvalue weighted by Crippen LogP contribution is -2.42. The maximum atomic E-state index is 12.7. The Bertz CT molecular complexity index is 771. The Morgan fingerprint density at radius 3 is 3.08 bits per heavy atom. The molecule has 1 saturated heterocycles. The van der Waals surface area contributed by atoms with Crippen LogP contribution in [0.15, 0.2) is 12.5 Å². The van der Waals surface area contributed by atoms with E-state index < -0.39 is 0 Å². The highest BCUT2D eigenvalue weighted by Gasteiger charge is 2.56. The van der Waals surface area contributed by atoms with Gasteiger partial charge in [-0.2, -0.15) is 0 Å². The molecule has 2 fully saturated rings. The van der Waals surface area contributed by atoms with E-state index >= 15 is 0 Å². The van der Waals surface area contributed by atoms with Crippen LogP contribution in [0.25, 0.3) is 11.0 Å². The first-order valence-electron chi connectivity index (χ1n) is 8.96. The van der Waals surface area contributed by atoms with Gasteiger partial charge in [-0.05, 0) is 38.2 Å². The van der Waals surface area contributed by atoms with Crippen molar-refractivity contribution >= 4 is 22.8 Å². The van der Waals surface area contributed by atoms with Gasteiger partial charge in [-0.25, -0.2) is 9.97 Å². The minimum absolute atomic E-state index is 0.0231. The van der Waals surface area contributed by atoms with Crippen molar-refractivity contribution in [2.24, 2.45) is 5.41 Å². The Hall–Kier alpha value is -2.11. The molecule has 0 radical (unpaired) electrons. The highest BCUT2D eigenvalue weighted by molar-refractivity contribution is 5.92. The van der Waals surface area contributed by atoms with Crippen LogP contribution in [0, 0.1) is 5.41 Å². The van der Waals surface area contributed by atoms with Crippen molar-refractivity contribution in [3.8, 4) is 0 Å². The van der Waals surface area contributed by atoms with Crippen LogP contribution in [0.5, 0.6) is 0 Å². The summed E-state index contributed by atoms with van der Waals surface area (Å²) >= 11 is 0. The molecule has 2 aromatic rings.